The molecule has 1 aromatic rings. The molecule has 0 spiro atoms. The van der Waals surface area contributed by atoms with Gasteiger partial charge in [0.05, 0.1) is 6.61 Å². The quantitative estimate of drug-likeness (QED) is 0.735. The molecule has 0 amide bonds. The summed E-state index contributed by atoms with van der Waals surface area (Å²) in [5.41, 5.74) is 1.17. The Labute approximate surface area is 112 Å². The van der Waals surface area contributed by atoms with Crippen molar-refractivity contribution in [1.29, 1.82) is 0 Å². The maximum absolute atomic E-state index is 11.6. The van der Waals surface area contributed by atoms with Crippen molar-refractivity contribution < 1.29 is 9.53 Å². The zero-order valence-corrected chi connectivity index (χ0v) is 11.7. The van der Waals surface area contributed by atoms with Gasteiger partial charge in [0.2, 0.25) is 0 Å². The summed E-state index contributed by atoms with van der Waals surface area (Å²) in [4.78, 5) is 11.6. The van der Waals surface area contributed by atoms with Gasteiger partial charge in [-0.3, -0.25) is 4.79 Å². The highest BCUT2D eigenvalue weighted by Crippen LogP contribution is 2.22. The number of hydrogen-bond acceptors (Lipinski definition) is 3. The summed E-state index contributed by atoms with van der Waals surface area (Å²) in [6, 6.07) is 7.69. The van der Waals surface area contributed by atoms with E-state index >= 15 is 0 Å². The third kappa shape index (κ3) is 5.00. The number of ether oxygens (including phenoxy) is 1. The molecule has 1 unspecified atom stereocenters. The van der Waals surface area contributed by atoms with Gasteiger partial charge in [0.15, 0.2) is 0 Å². The number of hydrogen-bond donors (Lipinski definition) is 0. The van der Waals surface area contributed by atoms with Crippen molar-refractivity contribution in [3.63, 3.8) is 0 Å². The molecule has 4 heteroatoms. The van der Waals surface area contributed by atoms with E-state index in [-0.39, 0.29) is 11.2 Å². The number of thioether (sulfide) groups is 1. The van der Waals surface area contributed by atoms with Crippen LogP contribution in [0.4, 0.5) is 0 Å². The Hall–Kier alpha value is -0.670. The molecule has 1 rings (SSSR count). The smallest absolute Gasteiger partial charge is 0.319 e. The topological polar surface area (TPSA) is 26.3 Å². The number of halogens is 1. The van der Waals surface area contributed by atoms with Crippen LogP contribution in [-0.2, 0) is 15.3 Å². The standard InChI is InChI=1S/C13H17ClO2S/c1-3-12(13(15)16-4-2)17-9-10-5-7-11(14)8-6-10/h5-8,12H,3-4,9H2,1-2H3. The molecular formula is C13H17ClO2S. The van der Waals surface area contributed by atoms with Gasteiger partial charge < -0.3 is 4.74 Å². The van der Waals surface area contributed by atoms with Crippen LogP contribution in [0.3, 0.4) is 0 Å². The van der Waals surface area contributed by atoms with Crippen LogP contribution in [0.1, 0.15) is 25.8 Å². The maximum atomic E-state index is 11.6. The summed E-state index contributed by atoms with van der Waals surface area (Å²) in [5, 5.41) is 0.654. The van der Waals surface area contributed by atoms with Crippen molar-refractivity contribution in [2.75, 3.05) is 6.61 Å². The van der Waals surface area contributed by atoms with Crippen LogP contribution in [0.5, 0.6) is 0 Å². The Morgan fingerprint density at radius 3 is 2.53 bits per heavy atom. The van der Waals surface area contributed by atoms with Gasteiger partial charge in [0, 0.05) is 10.8 Å². The van der Waals surface area contributed by atoms with Gasteiger partial charge in [-0.25, -0.2) is 0 Å². The van der Waals surface area contributed by atoms with E-state index in [9.17, 15) is 4.79 Å². The van der Waals surface area contributed by atoms with E-state index in [1.807, 2.05) is 38.1 Å². The molecule has 0 radical (unpaired) electrons. The second-order valence-electron chi connectivity index (χ2n) is 3.59. The molecule has 0 fully saturated rings. The van der Waals surface area contributed by atoms with Crippen molar-refractivity contribution in [2.24, 2.45) is 0 Å². The van der Waals surface area contributed by atoms with Crippen molar-refractivity contribution in [3.05, 3.63) is 34.9 Å². The molecule has 0 aliphatic carbocycles. The van der Waals surface area contributed by atoms with Crippen LogP contribution >= 0.6 is 23.4 Å². The summed E-state index contributed by atoms with van der Waals surface area (Å²) >= 11 is 7.42. The number of esters is 1. The number of carbonyl (C=O) groups is 1. The van der Waals surface area contributed by atoms with Crippen molar-refractivity contribution in [3.8, 4) is 0 Å². The van der Waals surface area contributed by atoms with Gasteiger partial charge >= 0.3 is 5.97 Å². The molecule has 0 N–H and O–H groups in total. The lowest BCUT2D eigenvalue weighted by Gasteiger charge is -2.12. The molecule has 2 nitrogen and oxygen atoms in total. The monoisotopic (exact) mass is 272 g/mol. The molecule has 0 aliphatic heterocycles. The lowest BCUT2D eigenvalue weighted by Crippen LogP contribution is -2.19. The van der Waals surface area contributed by atoms with Crippen LogP contribution in [0.25, 0.3) is 0 Å². The summed E-state index contributed by atoms with van der Waals surface area (Å²) in [6.45, 7) is 4.27. The maximum Gasteiger partial charge on any atom is 0.319 e. The molecule has 1 atom stereocenters. The molecule has 1 aromatic carbocycles. The van der Waals surface area contributed by atoms with E-state index in [2.05, 4.69) is 0 Å². The largest absolute Gasteiger partial charge is 0.465 e. The minimum Gasteiger partial charge on any atom is -0.465 e. The van der Waals surface area contributed by atoms with E-state index < -0.39 is 0 Å². The number of rotatable bonds is 6. The first-order valence-electron chi connectivity index (χ1n) is 5.70. The fraction of sp³-hybridized carbons (Fsp3) is 0.462. The Kier molecular flexibility index (Phi) is 6.45. The van der Waals surface area contributed by atoms with Gasteiger partial charge in [-0.1, -0.05) is 30.7 Å². The summed E-state index contributed by atoms with van der Waals surface area (Å²) in [7, 11) is 0. The fourth-order valence-corrected chi connectivity index (χ4v) is 2.52. The number of carbonyl (C=O) groups excluding carboxylic acids is 1. The van der Waals surface area contributed by atoms with Gasteiger partial charge in [-0.15, -0.1) is 11.8 Å². The summed E-state index contributed by atoms with van der Waals surface area (Å²) < 4.78 is 5.02. The molecule has 0 aromatic heterocycles. The van der Waals surface area contributed by atoms with Crippen molar-refractivity contribution >= 4 is 29.3 Å². The van der Waals surface area contributed by atoms with Crippen LogP contribution in [0.15, 0.2) is 24.3 Å². The highest BCUT2D eigenvalue weighted by atomic mass is 35.5. The Morgan fingerprint density at radius 2 is 2.00 bits per heavy atom. The predicted molar refractivity (Wildman–Crippen MR) is 73.5 cm³/mol. The summed E-state index contributed by atoms with van der Waals surface area (Å²) in [5.74, 6) is 0.683. The zero-order valence-electron chi connectivity index (χ0n) is 10.1. The van der Waals surface area contributed by atoms with Gasteiger partial charge in [-0.05, 0) is 31.0 Å². The molecule has 0 saturated carbocycles. The molecule has 0 heterocycles. The minimum absolute atomic E-state index is 0.0781. The average molecular weight is 273 g/mol. The second-order valence-corrected chi connectivity index (χ2v) is 5.21. The molecule has 0 saturated heterocycles. The third-order valence-corrected chi connectivity index (χ3v) is 3.96. The minimum atomic E-state index is -0.117. The van der Waals surface area contributed by atoms with Crippen molar-refractivity contribution in [2.45, 2.75) is 31.3 Å². The van der Waals surface area contributed by atoms with Crippen molar-refractivity contribution in [1.82, 2.24) is 0 Å². The molecular weight excluding hydrogens is 256 g/mol. The highest BCUT2D eigenvalue weighted by molar-refractivity contribution is 7.99. The predicted octanol–water partition coefficient (Wildman–Crippen LogP) is 3.91. The molecule has 94 valence electrons. The van der Waals surface area contributed by atoms with Crippen LogP contribution in [-0.4, -0.2) is 17.8 Å². The molecule has 0 bridgehead atoms. The SMILES string of the molecule is CCOC(=O)C(CC)SCc1ccc(Cl)cc1. The first-order valence-corrected chi connectivity index (χ1v) is 7.12. The van der Waals surface area contributed by atoms with Crippen LogP contribution < -0.4 is 0 Å². The van der Waals surface area contributed by atoms with Crippen LogP contribution in [0.2, 0.25) is 5.02 Å². The highest BCUT2D eigenvalue weighted by Gasteiger charge is 2.17. The van der Waals surface area contributed by atoms with E-state index in [0.717, 1.165) is 17.2 Å². The zero-order chi connectivity index (χ0) is 12.7. The van der Waals surface area contributed by atoms with Crippen LogP contribution in [0, 0.1) is 0 Å². The molecule has 0 aliphatic rings. The van der Waals surface area contributed by atoms with E-state index in [1.165, 1.54) is 5.56 Å². The Morgan fingerprint density at radius 1 is 1.35 bits per heavy atom. The van der Waals surface area contributed by atoms with E-state index in [0.29, 0.717) is 6.61 Å². The normalized spacial score (nSPS) is 12.2. The van der Waals surface area contributed by atoms with Gasteiger partial charge in [0.1, 0.15) is 5.25 Å². The van der Waals surface area contributed by atoms with E-state index in [4.69, 9.17) is 16.3 Å². The lowest BCUT2D eigenvalue weighted by atomic mass is 10.2. The fourth-order valence-electron chi connectivity index (χ4n) is 1.37. The average Bonchev–Trinajstić information content (AvgIpc) is 2.32. The Bertz CT molecular complexity index is 351. The van der Waals surface area contributed by atoms with E-state index in [1.54, 1.807) is 11.8 Å². The molecule has 17 heavy (non-hydrogen) atoms. The van der Waals surface area contributed by atoms with Gasteiger partial charge in [-0.2, -0.15) is 0 Å². The van der Waals surface area contributed by atoms with Gasteiger partial charge in [0.25, 0.3) is 0 Å². The Balaban J connectivity index is 2.47. The second kappa shape index (κ2) is 7.62. The first kappa shape index (κ1) is 14.4. The third-order valence-electron chi connectivity index (χ3n) is 2.28. The lowest BCUT2D eigenvalue weighted by molar-refractivity contribution is -0.142. The first-order chi connectivity index (χ1) is 8.17. The summed E-state index contributed by atoms with van der Waals surface area (Å²) in [6.07, 6.45) is 0.789. The number of benzene rings is 1.